The number of carbonyl (C=O) groups is 1. The van der Waals surface area contributed by atoms with Gasteiger partial charge in [0.2, 0.25) is 5.91 Å². The maximum Gasteiger partial charge on any atom is 0.248 e. The number of methoxy groups -OCH3 is 2. The van der Waals surface area contributed by atoms with E-state index in [-0.39, 0.29) is 0 Å². The van der Waals surface area contributed by atoms with Crippen molar-refractivity contribution in [3.05, 3.63) is 82.9 Å². The van der Waals surface area contributed by atoms with Gasteiger partial charge in [-0.25, -0.2) is 0 Å². The van der Waals surface area contributed by atoms with E-state index < -0.39 is 5.91 Å². The lowest BCUT2D eigenvalue weighted by Gasteiger charge is -2.10. The van der Waals surface area contributed by atoms with Gasteiger partial charge in [0.25, 0.3) is 0 Å². The molecule has 0 radical (unpaired) electrons. The standard InChI is InChI=1S/C26H27NO3/c1-29-24-15-22-12-18(13-23(22)16-25(24)30-2)7-6-17-8-10-19(11-9-17)20-4-3-5-21(14-20)26(27)28/h3-5,8-11,14-16,18H,6-7,12-13H2,1-2H3,(H2,27,28). The summed E-state index contributed by atoms with van der Waals surface area (Å²) in [4.78, 5) is 11.4. The van der Waals surface area contributed by atoms with Gasteiger partial charge in [0.15, 0.2) is 11.5 Å². The summed E-state index contributed by atoms with van der Waals surface area (Å²) < 4.78 is 10.9. The number of primary amides is 1. The Bertz CT molecular complexity index is 1020. The molecule has 4 nitrogen and oxygen atoms in total. The van der Waals surface area contributed by atoms with E-state index in [9.17, 15) is 4.79 Å². The smallest absolute Gasteiger partial charge is 0.248 e. The molecular weight excluding hydrogens is 374 g/mol. The molecule has 1 aliphatic carbocycles. The van der Waals surface area contributed by atoms with Gasteiger partial charge in [-0.3, -0.25) is 4.79 Å². The van der Waals surface area contributed by atoms with Crippen molar-refractivity contribution >= 4 is 5.91 Å². The molecule has 0 bridgehead atoms. The molecule has 0 spiro atoms. The minimum atomic E-state index is -0.402. The summed E-state index contributed by atoms with van der Waals surface area (Å²) >= 11 is 0. The number of nitrogens with two attached hydrogens (primary N) is 1. The van der Waals surface area contributed by atoms with Gasteiger partial charge in [-0.15, -0.1) is 0 Å². The average molecular weight is 402 g/mol. The summed E-state index contributed by atoms with van der Waals surface area (Å²) in [6.45, 7) is 0. The second-order valence-corrected chi connectivity index (χ2v) is 7.93. The maximum absolute atomic E-state index is 11.4. The molecule has 0 saturated heterocycles. The predicted octanol–water partition coefficient (Wildman–Crippen LogP) is 4.82. The molecule has 2 N–H and O–H groups in total. The van der Waals surface area contributed by atoms with Crippen LogP contribution in [0.4, 0.5) is 0 Å². The van der Waals surface area contributed by atoms with Gasteiger partial charge in [-0.2, -0.15) is 0 Å². The van der Waals surface area contributed by atoms with Crippen LogP contribution in [0.3, 0.4) is 0 Å². The number of rotatable bonds is 7. The van der Waals surface area contributed by atoms with Gasteiger partial charge < -0.3 is 15.2 Å². The molecule has 154 valence electrons. The van der Waals surface area contributed by atoms with Crippen LogP contribution in [-0.4, -0.2) is 20.1 Å². The van der Waals surface area contributed by atoms with E-state index in [1.54, 1.807) is 20.3 Å². The highest BCUT2D eigenvalue weighted by Gasteiger charge is 2.23. The first kappa shape index (κ1) is 20.0. The van der Waals surface area contributed by atoms with Crippen molar-refractivity contribution in [2.24, 2.45) is 11.7 Å². The Balaban J connectivity index is 1.39. The molecule has 0 atom stereocenters. The first-order chi connectivity index (χ1) is 14.6. The number of amides is 1. The van der Waals surface area contributed by atoms with E-state index in [0.29, 0.717) is 11.5 Å². The van der Waals surface area contributed by atoms with Crippen LogP contribution in [0, 0.1) is 5.92 Å². The highest BCUT2D eigenvalue weighted by molar-refractivity contribution is 5.94. The zero-order chi connectivity index (χ0) is 21.1. The van der Waals surface area contributed by atoms with E-state index in [1.165, 1.54) is 16.7 Å². The molecule has 0 aliphatic heterocycles. The zero-order valence-corrected chi connectivity index (χ0v) is 17.5. The number of hydrogen-bond donors (Lipinski definition) is 1. The molecule has 0 aromatic heterocycles. The van der Waals surface area contributed by atoms with E-state index in [4.69, 9.17) is 15.2 Å². The van der Waals surface area contributed by atoms with Crippen LogP contribution in [-0.2, 0) is 19.3 Å². The lowest BCUT2D eigenvalue weighted by atomic mass is 9.95. The summed E-state index contributed by atoms with van der Waals surface area (Å²) in [7, 11) is 3.37. The lowest BCUT2D eigenvalue weighted by Crippen LogP contribution is -2.10. The van der Waals surface area contributed by atoms with Crippen LogP contribution >= 0.6 is 0 Å². The number of ether oxygens (including phenoxy) is 2. The molecule has 3 aromatic rings. The molecule has 0 saturated carbocycles. The van der Waals surface area contributed by atoms with Gasteiger partial charge >= 0.3 is 0 Å². The molecule has 4 rings (SSSR count). The topological polar surface area (TPSA) is 61.6 Å². The van der Waals surface area contributed by atoms with Gasteiger partial charge in [0, 0.05) is 5.56 Å². The Morgan fingerprint density at radius 2 is 1.53 bits per heavy atom. The summed E-state index contributed by atoms with van der Waals surface area (Å²) in [6.07, 6.45) is 4.38. The van der Waals surface area contributed by atoms with Gasteiger partial charge in [0.05, 0.1) is 14.2 Å². The maximum atomic E-state index is 11.4. The molecule has 0 heterocycles. The second-order valence-electron chi connectivity index (χ2n) is 7.93. The van der Waals surface area contributed by atoms with Crippen LogP contribution < -0.4 is 15.2 Å². The van der Waals surface area contributed by atoms with Crippen LogP contribution in [0.25, 0.3) is 11.1 Å². The van der Waals surface area contributed by atoms with Crippen molar-refractivity contribution in [1.29, 1.82) is 0 Å². The first-order valence-corrected chi connectivity index (χ1v) is 10.3. The highest BCUT2D eigenvalue weighted by atomic mass is 16.5. The monoisotopic (exact) mass is 401 g/mol. The van der Waals surface area contributed by atoms with Gasteiger partial charge in [-0.1, -0.05) is 36.4 Å². The summed E-state index contributed by atoms with van der Waals surface area (Å²) in [6, 6.07) is 20.3. The van der Waals surface area contributed by atoms with Crippen molar-refractivity contribution < 1.29 is 14.3 Å². The predicted molar refractivity (Wildman–Crippen MR) is 119 cm³/mol. The van der Waals surface area contributed by atoms with Crippen molar-refractivity contribution in [2.45, 2.75) is 25.7 Å². The third kappa shape index (κ3) is 4.18. The molecule has 1 aliphatic rings. The number of carbonyl (C=O) groups excluding carboxylic acids is 1. The largest absolute Gasteiger partial charge is 0.493 e. The zero-order valence-electron chi connectivity index (χ0n) is 17.5. The van der Waals surface area contributed by atoms with Crippen LogP contribution in [0.15, 0.2) is 60.7 Å². The molecule has 3 aromatic carbocycles. The molecule has 1 amide bonds. The Labute approximate surface area is 177 Å². The van der Waals surface area contributed by atoms with Gasteiger partial charge in [-0.05, 0) is 83.7 Å². The van der Waals surface area contributed by atoms with E-state index in [0.717, 1.165) is 48.3 Å². The van der Waals surface area contributed by atoms with Crippen LogP contribution in [0.5, 0.6) is 11.5 Å². The van der Waals surface area contributed by atoms with Crippen molar-refractivity contribution in [1.82, 2.24) is 0 Å². The fourth-order valence-electron chi connectivity index (χ4n) is 4.33. The molecule has 0 unspecified atom stereocenters. The van der Waals surface area contributed by atoms with E-state index >= 15 is 0 Å². The highest BCUT2D eigenvalue weighted by Crippen LogP contribution is 2.38. The molecule has 4 heteroatoms. The van der Waals surface area contributed by atoms with Gasteiger partial charge in [0.1, 0.15) is 0 Å². The second kappa shape index (κ2) is 8.62. The van der Waals surface area contributed by atoms with E-state index in [1.807, 2.05) is 18.2 Å². The Morgan fingerprint density at radius 3 is 2.10 bits per heavy atom. The van der Waals surface area contributed by atoms with E-state index in [2.05, 4.69) is 36.4 Å². The van der Waals surface area contributed by atoms with Crippen molar-refractivity contribution in [3.8, 4) is 22.6 Å². The number of benzene rings is 3. The summed E-state index contributed by atoms with van der Waals surface area (Å²) in [5.41, 5.74) is 12.1. The Kier molecular flexibility index (Phi) is 5.75. The van der Waals surface area contributed by atoms with Crippen LogP contribution in [0.1, 0.15) is 33.5 Å². The summed E-state index contributed by atoms with van der Waals surface area (Å²) in [5.74, 6) is 1.87. The third-order valence-electron chi connectivity index (χ3n) is 6.00. The quantitative estimate of drug-likeness (QED) is 0.618. The average Bonchev–Trinajstić information content (AvgIpc) is 3.18. The minimum Gasteiger partial charge on any atom is -0.493 e. The van der Waals surface area contributed by atoms with Crippen molar-refractivity contribution in [3.63, 3.8) is 0 Å². The fraction of sp³-hybridized carbons (Fsp3) is 0.269. The Morgan fingerprint density at radius 1 is 0.900 bits per heavy atom. The number of fused-ring (bicyclic) bond motifs is 1. The van der Waals surface area contributed by atoms with Crippen LogP contribution in [0.2, 0.25) is 0 Å². The number of hydrogen-bond acceptors (Lipinski definition) is 3. The third-order valence-corrected chi connectivity index (χ3v) is 6.00. The molecular formula is C26H27NO3. The molecule has 30 heavy (non-hydrogen) atoms. The SMILES string of the molecule is COc1cc2c(cc1OC)CC(CCc1ccc(-c3cccc(C(N)=O)c3)cc1)C2. The number of aryl methyl sites for hydroxylation is 1. The lowest BCUT2D eigenvalue weighted by molar-refractivity contribution is 0.100. The summed E-state index contributed by atoms with van der Waals surface area (Å²) in [5, 5.41) is 0. The van der Waals surface area contributed by atoms with Crippen molar-refractivity contribution in [2.75, 3.05) is 14.2 Å². The minimum absolute atomic E-state index is 0.402. The normalized spacial score (nSPS) is 13.1. The Hall–Kier alpha value is -3.27. The first-order valence-electron chi connectivity index (χ1n) is 10.3. The fourth-order valence-corrected chi connectivity index (χ4v) is 4.33. The molecule has 0 fully saturated rings.